The molecule has 0 spiro atoms. The first kappa shape index (κ1) is 14.7. The summed E-state index contributed by atoms with van der Waals surface area (Å²) in [5, 5.41) is 7.50. The van der Waals surface area contributed by atoms with Crippen molar-refractivity contribution in [3.8, 4) is 11.4 Å². The molecule has 0 bridgehead atoms. The van der Waals surface area contributed by atoms with Gasteiger partial charge in [-0.3, -0.25) is 4.90 Å². The Morgan fingerprint density at radius 2 is 2.24 bits per heavy atom. The van der Waals surface area contributed by atoms with Crippen LogP contribution in [0.4, 0.5) is 0 Å². The van der Waals surface area contributed by atoms with Gasteiger partial charge < -0.3 is 9.84 Å². The molecule has 6 heteroatoms. The number of rotatable bonds is 3. The SMILES string of the molecule is Cc1ccc(-c2noc(CN3CCCNCC3)n2)c(Br)c1. The molecule has 2 heterocycles. The van der Waals surface area contributed by atoms with Gasteiger partial charge in [0.05, 0.1) is 6.54 Å². The fraction of sp³-hybridized carbons (Fsp3) is 0.467. The molecule has 1 aliphatic rings. The van der Waals surface area contributed by atoms with E-state index >= 15 is 0 Å². The van der Waals surface area contributed by atoms with Gasteiger partial charge in [0.25, 0.3) is 0 Å². The number of nitrogens with one attached hydrogen (secondary N) is 1. The van der Waals surface area contributed by atoms with Crippen LogP contribution in [-0.2, 0) is 6.54 Å². The quantitative estimate of drug-likeness (QED) is 0.921. The van der Waals surface area contributed by atoms with E-state index < -0.39 is 0 Å². The molecule has 112 valence electrons. The van der Waals surface area contributed by atoms with Gasteiger partial charge in [-0.2, -0.15) is 4.98 Å². The summed E-state index contributed by atoms with van der Waals surface area (Å²) >= 11 is 3.56. The molecular weight excluding hydrogens is 332 g/mol. The number of nitrogens with zero attached hydrogens (tertiary/aromatic N) is 3. The normalized spacial score (nSPS) is 16.9. The highest BCUT2D eigenvalue weighted by molar-refractivity contribution is 9.10. The molecule has 0 radical (unpaired) electrons. The molecule has 1 aromatic carbocycles. The molecule has 1 aromatic heterocycles. The summed E-state index contributed by atoms with van der Waals surface area (Å²) < 4.78 is 6.40. The third-order valence-corrected chi connectivity index (χ3v) is 4.28. The Morgan fingerprint density at radius 1 is 1.33 bits per heavy atom. The molecule has 0 aliphatic carbocycles. The van der Waals surface area contributed by atoms with E-state index in [-0.39, 0.29) is 0 Å². The van der Waals surface area contributed by atoms with Crippen molar-refractivity contribution in [2.75, 3.05) is 26.2 Å². The van der Waals surface area contributed by atoms with Gasteiger partial charge in [0.2, 0.25) is 11.7 Å². The third-order valence-electron chi connectivity index (χ3n) is 3.63. The Balaban J connectivity index is 1.73. The van der Waals surface area contributed by atoms with Gasteiger partial charge in [0.15, 0.2) is 0 Å². The van der Waals surface area contributed by atoms with Gasteiger partial charge in [-0.05, 0) is 44.1 Å². The second-order valence-electron chi connectivity index (χ2n) is 5.37. The van der Waals surface area contributed by atoms with Crippen molar-refractivity contribution in [1.82, 2.24) is 20.4 Å². The maximum atomic E-state index is 5.40. The molecule has 0 unspecified atom stereocenters. The van der Waals surface area contributed by atoms with Crippen LogP contribution in [0.2, 0.25) is 0 Å². The maximum absolute atomic E-state index is 5.40. The lowest BCUT2D eigenvalue weighted by Gasteiger charge is -2.16. The number of halogens is 1. The van der Waals surface area contributed by atoms with E-state index in [1.165, 1.54) is 5.56 Å². The molecule has 0 atom stereocenters. The molecule has 1 aliphatic heterocycles. The molecule has 0 amide bonds. The van der Waals surface area contributed by atoms with Crippen LogP contribution in [0, 0.1) is 6.92 Å². The zero-order chi connectivity index (χ0) is 14.7. The maximum Gasteiger partial charge on any atom is 0.241 e. The van der Waals surface area contributed by atoms with E-state index in [1.807, 2.05) is 6.07 Å². The number of aromatic nitrogens is 2. The molecule has 1 fully saturated rings. The molecule has 21 heavy (non-hydrogen) atoms. The Labute approximate surface area is 132 Å². The standard InChI is InChI=1S/C15H19BrN4O/c1-11-3-4-12(13(16)9-11)15-18-14(21-19-15)10-20-7-2-5-17-6-8-20/h3-4,9,17H,2,5-8,10H2,1H3. The first-order chi connectivity index (χ1) is 10.2. The van der Waals surface area contributed by atoms with E-state index in [4.69, 9.17) is 4.52 Å². The van der Waals surface area contributed by atoms with Gasteiger partial charge >= 0.3 is 0 Å². The van der Waals surface area contributed by atoms with E-state index in [0.717, 1.165) is 49.2 Å². The van der Waals surface area contributed by atoms with E-state index in [1.54, 1.807) is 0 Å². The fourth-order valence-corrected chi connectivity index (χ4v) is 3.15. The van der Waals surface area contributed by atoms with Gasteiger partial charge in [-0.1, -0.05) is 27.2 Å². The summed E-state index contributed by atoms with van der Waals surface area (Å²) in [6.45, 7) is 6.97. The number of aryl methyl sites for hydroxylation is 1. The van der Waals surface area contributed by atoms with E-state index in [2.05, 4.69) is 55.3 Å². The molecule has 5 nitrogen and oxygen atoms in total. The number of benzene rings is 1. The van der Waals surface area contributed by atoms with Gasteiger partial charge in [-0.25, -0.2) is 0 Å². The Bertz CT molecular complexity index is 605. The number of hydrogen-bond donors (Lipinski definition) is 1. The Morgan fingerprint density at radius 3 is 3.10 bits per heavy atom. The number of hydrogen-bond acceptors (Lipinski definition) is 5. The second kappa shape index (κ2) is 6.68. The average molecular weight is 351 g/mol. The minimum Gasteiger partial charge on any atom is -0.338 e. The third kappa shape index (κ3) is 3.70. The topological polar surface area (TPSA) is 54.2 Å². The lowest BCUT2D eigenvalue weighted by molar-refractivity contribution is 0.239. The van der Waals surface area contributed by atoms with E-state index in [0.29, 0.717) is 11.7 Å². The predicted molar refractivity (Wildman–Crippen MR) is 84.9 cm³/mol. The van der Waals surface area contributed by atoms with Crippen molar-refractivity contribution in [1.29, 1.82) is 0 Å². The lowest BCUT2D eigenvalue weighted by atomic mass is 10.1. The van der Waals surface area contributed by atoms with Gasteiger partial charge in [0.1, 0.15) is 0 Å². The summed E-state index contributed by atoms with van der Waals surface area (Å²) in [6, 6.07) is 6.13. The predicted octanol–water partition coefficient (Wildman–Crippen LogP) is 2.60. The zero-order valence-electron chi connectivity index (χ0n) is 12.1. The highest BCUT2D eigenvalue weighted by Crippen LogP contribution is 2.27. The first-order valence-electron chi connectivity index (χ1n) is 7.24. The summed E-state index contributed by atoms with van der Waals surface area (Å²) in [5.41, 5.74) is 2.17. The van der Waals surface area contributed by atoms with Crippen LogP contribution in [0.25, 0.3) is 11.4 Å². The second-order valence-corrected chi connectivity index (χ2v) is 6.23. The Hall–Kier alpha value is -1.24. The summed E-state index contributed by atoms with van der Waals surface area (Å²) in [6.07, 6.45) is 1.16. The summed E-state index contributed by atoms with van der Waals surface area (Å²) in [7, 11) is 0. The minimum atomic E-state index is 0.643. The smallest absolute Gasteiger partial charge is 0.241 e. The Kier molecular flexibility index (Phi) is 4.67. The van der Waals surface area contributed by atoms with Gasteiger partial charge in [0, 0.05) is 23.1 Å². The summed E-state index contributed by atoms with van der Waals surface area (Å²) in [5.74, 6) is 1.32. The van der Waals surface area contributed by atoms with Crippen LogP contribution < -0.4 is 5.32 Å². The highest BCUT2D eigenvalue weighted by atomic mass is 79.9. The zero-order valence-corrected chi connectivity index (χ0v) is 13.7. The van der Waals surface area contributed by atoms with Crippen LogP contribution in [0.1, 0.15) is 17.9 Å². The van der Waals surface area contributed by atoms with E-state index in [9.17, 15) is 0 Å². The fourth-order valence-electron chi connectivity index (χ4n) is 2.48. The van der Waals surface area contributed by atoms with Crippen LogP contribution in [0.15, 0.2) is 27.2 Å². The van der Waals surface area contributed by atoms with Crippen LogP contribution in [-0.4, -0.2) is 41.2 Å². The lowest BCUT2D eigenvalue weighted by Crippen LogP contribution is -2.27. The summed E-state index contributed by atoms with van der Waals surface area (Å²) in [4.78, 5) is 6.87. The van der Waals surface area contributed by atoms with Crippen molar-refractivity contribution >= 4 is 15.9 Å². The van der Waals surface area contributed by atoms with Crippen molar-refractivity contribution in [3.05, 3.63) is 34.1 Å². The average Bonchev–Trinajstić information content (AvgIpc) is 2.75. The molecule has 1 saturated heterocycles. The molecule has 0 saturated carbocycles. The molecular formula is C15H19BrN4O. The first-order valence-corrected chi connectivity index (χ1v) is 8.04. The van der Waals surface area contributed by atoms with Crippen molar-refractivity contribution in [2.24, 2.45) is 0 Å². The van der Waals surface area contributed by atoms with Crippen molar-refractivity contribution in [2.45, 2.75) is 19.9 Å². The largest absolute Gasteiger partial charge is 0.338 e. The van der Waals surface area contributed by atoms with Crippen LogP contribution in [0.3, 0.4) is 0 Å². The van der Waals surface area contributed by atoms with Crippen LogP contribution >= 0.6 is 15.9 Å². The molecule has 2 aromatic rings. The molecule has 1 N–H and O–H groups in total. The van der Waals surface area contributed by atoms with Crippen LogP contribution in [0.5, 0.6) is 0 Å². The minimum absolute atomic E-state index is 0.643. The van der Waals surface area contributed by atoms with Crippen molar-refractivity contribution in [3.63, 3.8) is 0 Å². The molecule has 3 rings (SSSR count). The highest BCUT2D eigenvalue weighted by Gasteiger charge is 2.15. The van der Waals surface area contributed by atoms with Gasteiger partial charge in [-0.15, -0.1) is 0 Å². The van der Waals surface area contributed by atoms with Crippen molar-refractivity contribution < 1.29 is 4.52 Å². The monoisotopic (exact) mass is 350 g/mol.